The molecule has 0 bridgehead atoms. The SMILES string of the molecule is Cc1ccc(F)cc1C1CCC(C=CCCF)CC1. The van der Waals surface area contributed by atoms with Crippen LogP contribution in [0.1, 0.15) is 49.1 Å². The molecule has 2 heteroatoms. The van der Waals surface area contributed by atoms with E-state index in [1.165, 1.54) is 17.2 Å². The van der Waals surface area contributed by atoms with Gasteiger partial charge in [0.05, 0.1) is 6.67 Å². The smallest absolute Gasteiger partial charge is 0.123 e. The van der Waals surface area contributed by atoms with E-state index in [9.17, 15) is 8.78 Å². The third-order valence-electron chi connectivity index (χ3n) is 4.14. The molecule has 0 unspecified atom stereocenters. The number of benzene rings is 1. The Hall–Kier alpha value is -1.18. The first-order valence-corrected chi connectivity index (χ1v) is 7.19. The second-order valence-corrected chi connectivity index (χ2v) is 5.52. The standard InChI is InChI=1S/C17H22F2/c1-13-5-10-16(19)12-17(13)15-8-6-14(7-9-15)4-2-3-11-18/h2,4-5,10,12,14-15H,3,6-9,11H2,1H3. The van der Waals surface area contributed by atoms with Gasteiger partial charge in [-0.3, -0.25) is 4.39 Å². The molecule has 0 nitrogen and oxygen atoms in total. The summed E-state index contributed by atoms with van der Waals surface area (Å²) in [6.07, 6.45) is 9.12. The highest BCUT2D eigenvalue weighted by atomic mass is 19.1. The Morgan fingerprint density at radius 2 is 1.95 bits per heavy atom. The molecule has 19 heavy (non-hydrogen) atoms. The summed E-state index contributed by atoms with van der Waals surface area (Å²) in [7, 11) is 0. The van der Waals surface area contributed by atoms with Gasteiger partial charge in [0, 0.05) is 0 Å². The van der Waals surface area contributed by atoms with Gasteiger partial charge >= 0.3 is 0 Å². The fourth-order valence-electron chi connectivity index (χ4n) is 3.03. The number of alkyl halides is 1. The van der Waals surface area contributed by atoms with Crippen LogP contribution in [0.25, 0.3) is 0 Å². The molecule has 0 spiro atoms. The highest BCUT2D eigenvalue weighted by Crippen LogP contribution is 2.37. The van der Waals surface area contributed by atoms with E-state index in [1.54, 1.807) is 6.07 Å². The first-order chi connectivity index (χ1) is 9.20. The summed E-state index contributed by atoms with van der Waals surface area (Å²) in [5.41, 5.74) is 2.36. The maximum atomic E-state index is 13.3. The van der Waals surface area contributed by atoms with Gasteiger partial charge in [0.2, 0.25) is 0 Å². The van der Waals surface area contributed by atoms with Gasteiger partial charge < -0.3 is 0 Å². The van der Waals surface area contributed by atoms with Crippen molar-refractivity contribution in [3.63, 3.8) is 0 Å². The van der Waals surface area contributed by atoms with Crippen LogP contribution in [0.5, 0.6) is 0 Å². The Bertz CT molecular complexity index is 429. The Labute approximate surface area is 114 Å². The fraction of sp³-hybridized carbons (Fsp3) is 0.529. The molecule has 104 valence electrons. The first kappa shape index (κ1) is 14.2. The number of hydrogen-bond donors (Lipinski definition) is 0. The van der Waals surface area contributed by atoms with Crippen molar-refractivity contribution in [1.82, 2.24) is 0 Å². The van der Waals surface area contributed by atoms with E-state index in [4.69, 9.17) is 0 Å². The van der Waals surface area contributed by atoms with Crippen molar-refractivity contribution in [3.8, 4) is 0 Å². The summed E-state index contributed by atoms with van der Waals surface area (Å²) in [6, 6.07) is 5.10. The molecule has 1 aliphatic carbocycles. The zero-order chi connectivity index (χ0) is 13.7. The zero-order valence-corrected chi connectivity index (χ0v) is 11.5. The van der Waals surface area contributed by atoms with Gasteiger partial charge in [0.25, 0.3) is 0 Å². The largest absolute Gasteiger partial charge is 0.251 e. The third-order valence-corrected chi connectivity index (χ3v) is 4.14. The topological polar surface area (TPSA) is 0 Å². The molecule has 0 saturated heterocycles. The first-order valence-electron chi connectivity index (χ1n) is 7.19. The van der Waals surface area contributed by atoms with Crippen LogP contribution < -0.4 is 0 Å². The molecular weight excluding hydrogens is 242 g/mol. The predicted octanol–water partition coefficient (Wildman–Crippen LogP) is 5.32. The molecule has 2 rings (SSSR count). The average molecular weight is 264 g/mol. The van der Waals surface area contributed by atoms with E-state index in [2.05, 4.69) is 13.0 Å². The molecule has 0 aliphatic heterocycles. The lowest BCUT2D eigenvalue weighted by Crippen LogP contribution is -2.12. The van der Waals surface area contributed by atoms with Crippen LogP contribution in [0.4, 0.5) is 8.78 Å². The Morgan fingerprint density at radius 3 is 2.63 bits per heavy atom. The minimum absolute atomic E-state index is 0.134. The molecule has 1 aliphatic rings. The predicted molar refractivity (Wildman–Crippen MR) is 75.6 cm³/mol. The van der Waals surface area contributed by atoms with Gasteiger partial charge in [-0.15, -0.1) is 0 Å². The molecule has 0 aromatic heterocycles. The number of halogens is 2. The Balaban J connectivity index is 1.94. The van der Waals surface area contributed by atoms with Gasteiger partial charge in [-0.2, -0.15) is 0 Å². The van der Waals surface area contributed by atoms with Crippen molar-refractivity contribution in [2.45, 2.75) is 44.9 Å². The second-order valence-electron chi connectivity index (χ2n) is 5.52. The Kier molecular flexibility index (Phi) is 5.12. The lowest BCUT2D eigenvalue weighted by molar-refractivity contribution is 0.373. The second kappa shape index (κ2) is 6.83. The highest BCUT2D eigenvalue weighted by Gasteiger charge is 2.22. The van der Waals surface area contributed by atoms with Crippen molar-refractivity contribution >= 4 is 0 Å². The molecule has 0 N–H and O–H groups in total. The fourth-order valence-corrected chi connectivity index (χ4v) is 3.03. The van der Waals surface area contributed by atoms with Gasteiger partial charge in [-0.05, 0) is 74.1 Å². The lowest BCUT2D eigenvalue weighted by atomic mass is 9.77. The van der Waals surface area contributed by atoms with Crippen LogP contribution in [0.3, 0.4) is 0 Å². The normalized spacial score (nSPS) is 23.9. The van der Waals surface area contributed by atoms with E-state index in [-0.39, 0.29) is 12.5 Å². The van der Waals surface area contributed by atoms with Crippen LogP contribution in [0.2, 0.25) is 0 Å². The van der Waals surface area contributed by atoms with Crippen LogP contribution in [0.15, 0.2) is 30.4 Å². The van der Waals surface area contributed by atoms with Crippen molar-refractivity contribution in [2.75, 3.05) is 6.67 Å². The van der Waals surface area contributed by atoms with E-state index in [0.717, 1.165) is 25.7 Å². The quantitative estimate of drug-likeness (QED) is 0.645. The van der Waals surface area contributed by atoms with Crippen LogP contribution in [-0.4, -0.2) is 6.67 Å². The van der Waals surface area contributed by atoms with Gasteiger partial charge in [-0.25, -0.2) is 4.39 Å². The lowest BCUT2D eigenvalue weighted by Gasteiger charge is -2.28. The summed E-state index contributed by atoms with van der Waals surface area (Å²) < 4.78 is 25.4. The minimum Gasteiger partial charge on any atom is -0.251 e. The number of hydrogen-bond acceptors (Lipinski definition) is 0. The van der Waals surface area contributed by atoms with E-state index < -0.39 is 0 Å². The molecule has 0 atom stereocenters. The maximum absolute atomic E-state index is 13.3. The molecule has 0 amide bonds. The monoisotopic (exact) mass is 264 g/mol. The summed E-state index contributed by atoms with van der Waals surface area (Å²) >= 11 is 0. The van der Waals surface area contributed by atoms with Crippen molar-refractivity contribution in [1.29, 1.82) is 0 Å². The zero-order valence-electron chi connectivity index (χ0n) is 11.5. The minimum atomic E-state index is -0.270. The summed E-state index contributed by atoms with van der Waals surface area (Å²) in [5, 5.41) is 0. The molecule has 1 fully saturated rings. The molecule has 1 aromatic rings. The molecule has 1 saturated carbocycles. The van der Waals surface area contributed by atoms with Gasteiger partial charge in [0.15, 0.2) is 0 Å². The molecule has 0 radical (unpaired) electrons. The Morgan fingerprint density at radius 1 is 1.21 bits per heavy atom. The summed E-state index contributed by atoms with van der Waals surface area (Å²) in [6.45, 7) is 1.79. The van der Waals surface area contributed by atoms with Gasteiger partial charge in [-0.1, -0.05) is 18.2 Å². The van der Waals surface area contributed by atoms with Crippen molar-refractivity contribution in [2.24, 2.45) is 5.92 Å². The maximum Gasteiger partial charge on any atom is 0.123 e. The number of rotatable bonds is 4. The summed E-state index contributed by atoms with van der Waals surface area (Å²) in [4.78, 5) is 0. The van der Waals surface area contributed by atoms with E-state index >= 15 is 0 Å². The van der Waals surface area contributed by atoms with E-state index in [0.29, 0.717) is 18.3 Å². The third kappa shape index (κ3) is 3.89. The van der Waals surface area contributed by atoms with E-state index in [1.807, 2.05) is 12.1 Å². The average Bonchev–Trinajstić information content (AvgIpc) is 2.43. The highest BCUT2D eigenvalue weighted by molar-refractivity contribution is 5.30. The van der Waals surface area contributed by atoms with Crippen LogP contribution >= 0.6 is 0 Å². The molecule has 0 heterocycles. The van der Waals surface area contributed by atoms with Crippen molar-refractivity contribution < 1.29 is 8.78 Å². The van der Waals surface area contributed by atoms with Crippen molar-refractivity contribution in [3.05, 3.63) is 47.3 Å². The number of allylic oxidation sites excluding steroid dienone is 2. The molecular formula is C17H22F2. The van der Waals surface area contributed by atoms with Gasteiger partial charge in [0.1, 0.15) is 5.82 Å². The van der Waals surface area contributed by atoms with Crippen LogP contribution in [0, 0.1) is 18.7 Å². The number of aryl methyl sites for hydroxylation is 1. The van der Waals surface area contributed by atoms with Crippen LogP contribution in [-0.2, 0) is 0 Å². The summed E-state index contributed by atoms with van der Waals surface area (Å²) in [5.74, 6) is 0.934. The molecule has 1 aromatic carbocycles.